The first-order valence-corrected chi connectivity index (χ1v) is 10.3. The lowest BCUT2D eigenvalue weighted by molar-refractivity contribution is -0.138. The number of halogens is 3. The second-order valence-electron chi connectivity index (χ2n) is 8.12. The number of nitrogens with one attached hydrogen (secondary N) is 1. The summed E-state index contributed by atoms with van der Waals surface area (Å²) < 4.78 is 46.0. The minimum absolute atomic E-state index is 0.139. The summed E-state index contributed by atoms with van der Waals surface area (Å²) in [5.41, 5.74) is 0.146. The molecule has 0 amide bonds. The number of hydrogen-bond acceptors (Lipinski definition) is 5. The minimum Gasteiger partial charge on any atom is -0.489 e. The van der Waals surface area contributed by atoms with Crippen molar-refractivity contribution in [2.45, 2.75) is 38.6 Å². The molecule has 1 saturated heterocycles. The van der Waals surface area contributed by atoms with Gasteiger partial charge in [0.25, 0.3) is 0 Å². The molecule has 2 atom stereocenters. The van der Waals surface area contributed by atoms with Crippen LogP contribution >= 0.6 is 0 Å². The van der Waals surface area contributed by atoms with E-state index < -0.39 is 17.8 Å². The Labute approximate surface area is 179 Å². The zero-order valence-electron chi connectivity index (χ0n) is 17.7. The molecule has 31 heavy (non-hydrogen) atoms. The van der Waals surface area contributed by atoms with E-state index in [0.717, 1.165) is 42.1 Å². The molecule has 1 fully saturated rings. The second kappa shape index (κ2) is 8.34. The second-order valence-corrected chi connectivity index (χ2v) is 8.12. The molecule has 0 bridgehead atoms. The van der Waals surface area contributed by atoms with Gasteiger partial charge in [0.05, 0.1) is 17.8 Å². The Balaban J connectivity index is 1.61. The van der Waals surface area contributed by atoms with Crippen molar-refractivity contribution in [2.75, 3.05) is 25.5 Å². The van der Waals surface area contributed by atoms with Gasteiger partial charge in [-0.05, 0) is 62.7 Å². The van der Waals surface area contributed by atoms with Gasteiger partial charge < -0.3 is 15.0 Å². The van der Waals surface area contributed by atoms with E-state index in [0.29, 0.717) is 11.4 Å². The maximum Gasteiger partial charge on any atom is 0.416 e. The molecule has 2 aromatic carbocycles. The summed E-state index contributed by atoms with van der Waals surface area (Å²) in [4.78, 5) is 2.23. The topological polar surface area (TPSA) is 50.3 Å². The fraction of sp³-hybridized carbons (Fsp3) is 0.391. The van der Waals surface area contributed by atoms with Crippen LogP contribution in [0, 0.1) is 6.92 Å². The maximum atomic E-state index is 13.3. The highest BCUT2D eigenvalue weighted by Gasteiger charge is 2.33. The van der Waals surface area contributed by atoms with Gasteiger partial charge in [-0.2, -0.15) is 18.3 Å². The third-order valence-electron chi connectivity index (χ3n) is 5.79. The molecule has 0 saturated carbocycles. The van der Waals surface area contributed by atoms with E-state index in [1.807, 2.05) is 25.1 Å². The summed E-state index contributed by atoms with van der Waals surface area (Å²) in [6.45, 7) is 5.20. The van der Waals surface area contributed by atoms with Crippen LogP contribution in [0.4, 0.5) is 19.0 Å². The molecule has 3 aromatic rings. The van der Waals surface area contributed by atoms with E-state index in [9.17, 15) is 13.2 Å². The first kappa shape index (κ1) is 21.4. The number of likely N-dealkylation sites (N-methyl/N-ethyl adjacent to an activating group) is 1. The fourth-order valence-electron chi connectivity index (χ4n) is 4.13. The van der Waals surface area contributed by atoms with Gasteiger partial charge in [0.2, 0.25) is 0 Å². The van der Waals surface area contributed by atoms with Crippen LogP contribution in [0.5, 0.6) is 5.75 Å². The molecule has 5 nitrogen and oxygen atoms in total. The number of aromatic nitrogens is 2. The number of anilines is 1. The van der Waals surface area contributed by atoms with Gasteiger partial charge in [0.15, 0.2) is 5.82 Å². The Kier molecular flexibility index (Phi) is 5.75. The van der Waals surface area contributed by atoms with Crippen molar-refractivity contribution < 1.29 is 17.9 Å². The predicted octanol–water partition coefficient (Wildman–Crippen LogP) is 5.21. The quantitative estimate of drug-likeness (QED) is 0.602. The van der Waals surface area contributed by atoms with Crippen LogP contribution in [0.15, 0.2) is 42.6 Å². The highest BCUT2D eigenvalue weighted by Crippen LogP contribution is 2.36. The normalized spacial score (nSPS) is 18.3. The molecule has 8 heteroatoms. The molecule has 1 N–H and O–H groups in total. The lowest BCUT2D eigenvalue weighted by Crippen LogP contribution is -2.21. The van der Waals surface area contributed by atoms with Crippen molar-refractivity contribution in [3.63, 3.8) is 0 Å². The Morgan fingerprint density at radius 1 is 1.23 bits per heavy atom. The van der Waals surface area contributed by atoms with Gasteiger partial charge in [0, 0.05) is 23.9 Å². The monoisotopic (exact) mass is 430 g/mol. The smallest absolute Gasteiger partial charge is 0.416 e. The van der Waals surface area contributed by atoms with Gasteiger partial charge in [-0.25, -0.2) is 0 Å². The van der Waals surface area contributed by atoms with Gasteiger partial charge in [-0.15, -0.1) is 5.10 Å². The van der Waals surface area contributed by atoms with Crippen molar-refractivity contribution in [3.8, 4) is 5.75 Å². The van der Waals surface area contributed by atoms with E-state index in [1.165, 1.54) is 13.0 Å². The lowest BCUT2D eigenvalue weighted by Gasteiger charge is -2.21. The van der Waals surface area contributed by atoms with Gasteiger partial charge in [-0.3, -0.25) is 0 Å². The Morgan fingerprint density at radius 3 is 2.74 bits per heavy atom. The molecule has 2 unspecified atom stereocenters. The molecule has 2 heterocycles. The van der Waals surface area contributed by atoms with Gasteiger partial charge in [-0.1, -0.05) is 12.1 Å². The summed E-state index contributed by atoms with van der Waals surface area (Å²) in [6, 6.07) is 9.59. The zero-order valence-corrected chi connectivity index (χ0v) is 17.7. The molecule has 1 aliphatic rings. The standard InChI is InChI=1S/C23H25F3N4O/c1-14-19(5-4-6-21(14)23(24,25)26)15(2)28-22-20-11-17(8-7-16(20)12-27-29-22)31-18-9-10-30(3)13-18/h4-8,11-12,15,18H,9-10,13H2,1-3H3,(H,28,29). The molecule has 1 aromatic heterocycles. The van der Waals surface area contributed by atoms with Gasteiger partial charge in [0.1, 0.15) is 11.9 Å². The summed E-state index contributed by atoms with van der Waals surface area (Å²) in [5.74, 6) is 1.25. The largest absolute Gasteiger partial charge is 0.489 e. The third-order valence-corrected chi connectivity index (χ3v) is 5.79. The number of ether oxygens (including phenoxy) is 1. The fourth-order valence-corrected chi connectivity index (χ4v) is 4.13. The Morgan fingerprint density at radius 2 is 2.03 bits per heavy atom. The first-order chi connectivity index (χ1) is 14.7. The van der Waals surface area contributed by atoms with Crippen LogP contribution in [0.25, 0.3) is 10.8 Å². The first-order valence-electron chi connectivity index (χ1n) is 10.3. The van der Waals surface area contributed by atoms with Crippen LogP contribution in [0.2, 0.25) is 0 Å². The van der Waals surface area contributed by atoms with Crippen molar-refractivity contribution in [3.05, 3.63) is 59.3 Å². The van der Waals surface area contributed by atoms with E-state index in [-0.39, 0.29) is 11.7 Å². The number of rotatable bonds is 5. The van der Waals surface area contributed by atoms with E-state index in [2.05, 4.69) is 27.5 Å². The predicted molar refractivity (Wildman–Crippen MR) is 114 cm³/mol. The summed E-state index contributed by atoms with van der Waals surface area (Å²) >= 11 is 0. The third kappa shape index (κ3) is 4.58. The van der Waals surface area contributed by atoms with Crippen LogP contribution < -0.4 is 10.1 Å². The number of likely N-dealkylation sites (tertiary alicyclic amines) is 1. The lowest BCUT2D eigenvalue weighted by atomic mass is 9.97. The number of benzene rings is 2. The molecule has 0 aliphatic carbocycles. The van der Waals surface area contributed by atoms with Crippen LogP contribution in [0.3, 0.4) is 0 Å². The maximum absolute atomic E-state index is 13.3. The van der Waals surface area contributed by atoms with E-state index in [4.69, 9.17) is 4.74 Å². The summed E-state index contributed by atoms with van der Waals surface area (Å²) in [5, 5.41) is 13.2. The van der Waals surface area contributed by atoms with Crippen LogP contribution in [-0.2, 0) is 6.18 Å². The van der Waals surface area contributed by atoms with Crippen molar-refractivity contribution in [1.82, 2.24) is 15.1 Å². The summed E-state index contributed by atoms with van der Waals surface area (Å²) in [7, 11) is 2.07. The molecule has 1 aliphatic heterocycles. The van der Waals surface area contributed by atoms with Crippen molar-refractivity contribution >= 4 is 16.6 Å². The average Bonchev–Trinajstić information content (AvgIpc) is 3.12. The zero-order chi connectivity index (χ0) is 22.2. The molecule has 4 rings (SSSR count). The minimum atomic E-state index is -4.39. The number of hydrogen-bond donors (Lipinski definition) is 1. The van der Waals surface area contributed by atoms with Gasteiger partial charge >= 0.3 is 6.18 Å². The van der Waals surface area contributed by atoms with Crippen molar-refractivity contribution in [1.29, 1.82) is 0 Å². The number of fused-ring (bicyclic) bond motifs is 1. The molecule has 0 spiro atoms. The molecule has 0 radical (unpaired) electrons. The highest BCUT2D eigenvalue weighted by atomic mass is 19.4. The summed E-state index contributed by atoms with van der Waals surface area (Å²) in [6.07, 6.45) is -1.62. The number of alkyl halides is 3. The highest BCUT2D eigenvalue weighted by molar-refractivity contribution is 5.92. The van der Waals surface area contributed by atoms with Crippen molar-refractivity contribution in [2.24, 2.45) is 0 Å². The SMILES string of the molecule is Cc1c(C(C)Nc2nncc3ccc(OC4CCN(C)C4)cc23)cccc1C(F)(F)F. The van der Waals surface area contributed by atoms with Crippen LogP contribution in [0.1, 0.15) is 36.1 Å². The van der Waals surface area contributed by atoms with Crippen LogP contribution in [-0.4, -0.2) is 41.3 Å². The van der Waals surface area contributed by atoms with E-state index in [1.54, 1.807) is 12.3 Å². The molecule has 164 valence electrons. The Hall–Kier alpha value is -2.87. The Bertz CT molecular complexity index is 1090. The number of nitrogens with zero attached hydrogens (tertiary/aromatic N) is 3. The van der Waals surface area contributed by atoms with E-state index >= 15 is 0 Å². The molecular formula is C23H25F3N4O. The average molecular weight is 430 g/mol. The molecular weight excluding hydrogens is 405 g/mol.